The molecule has 0 amide bonds. The van der Waals surface area contributed by atoms with E-state index in [1.54, 1.807) is 6.07 Å². The molecule has 0 bridgehead atoms. The fourth-order valence-electron chi connectivity index (χ4n) is 4.02. The highest BCUT2D eigenvalue weighted by Crippen LogP contribution is 2.48. The van der Waals surface area contributed by atoms with Gasteiger partial charge in [0, 0.05) is 31.6 Å². The molecule has 2 N–H and O–H groups in total. The average Bonchev–Trinajstić information content (AvgIpc) is 3.25. The molecule has 0 radical (unpaired) electrons. The van der Waals surface area contributed by atoms with E-state index in [9.17, 15) is 14.9 Å². The summed E-state index contributed by atoms with van der Waals surface area (Å²) in [6, 6.07) is 6.17. The quantitative estimate of drug-likeness (QED) is 0.312. The van der Waals surface area contributed by atoms with Gasteiger partial charge in [0.1, 0.15) is 12.2 Å². The number of nitro groups is 1. The van der Waals surface area contributed by atoms with Crippen LogP contribution >= 0.6 is 0 Å². The minimum atomic E-state index is -0.516. The van der Waals surface area contributed by atoms with Crippen molar-refractivity contribution in [3.63, 3.8) is 0 Å². The van der Waals surface area contributed by atoms with Gasteiger partial charge in [0.2, 0.25) is 0 Å². The Balaban J connectivity index is 1.36. The van der Waals surface area contributed by atoms with Crippen LogP contribution < -0.4 is 10.6 Å². The SMILES string of the molecule is N#Cc1cc([N+](=O)[O-])ccc1NCCNCCC1CC2(CCCC2)C(=O)O1. The van der Waals surface area contributed by atoms with Crippen LogP contribution in [-0.2, 0) is 9.53 Å². The summed E-state index contributed by atoms with van der Waals surface area (Å²) in [7, 11) is 0. The van der Waals surface area contributed by atoms with Gasteiger partial charge in [-0.1, -0.05) is 12.8 Å². The van der Waals surface area contributed by atoms with Gasteiger partial charge in [-0.15, -0.1) is 0 Å². The molecule has 2 fully saturated rings. The lowest BCUT2D eigenvalue weighted by atomic mass is 9.83. The average molecular weight is 372 g/mol. The molecule has 1 heterocycles. The zero-order chi connectivity index (χ0) is 19.3. The maximum absolute atomic E-state index is 12.1. The monoisotopic (exact) mass is 372 g/mol. The molecule has 3 rings (SSSR count). The van der Waals surface area contributed by atoms with E-state index in [0.29, 0.717) is 18.8 Å². The number of ether oxygens (including phenoxy) is 1. The number of hydrogen-bond donors (Lipinski definition) is 2. The Morgan fingerprint density at radius 2 is 2.07 bits per heavy atom. The van der Waals surface area contributed by atoms with Crippen molar-refractivity contribution < 1.29 is 14.5 Å². The van der Waals surface area contributed by atoms with Gasteiger partial charge in [0.05, 0.1) is 21.6 Å². The lowest BCUT2D eigenvalue weighted by Gasteiger charge is -2.16. The number of nitro benzene ring substituents is 1. The Bertz CT molecular complexity index is 753. The molecule has 1 aromatic rings. The summed E-state index contributed by atoms with van der Waals surface area (Å²) in [6.07, 6.45) is 5.84. The number of carbonyl (C=O) groups is 1. The van der Waals surface area contributed by atoms with Crippen LogP contribution in [0.1, 0.15) is 44.1 Å². The highest BCUT2D eigenvalue weighted by molar-refractivity contribution is 5.79. The van der Waals surface area contributed by atoms with Crippen molar-refractivity contribution in [2.24, 2.45) is 5.41 Å². The van der Waals surface area contributed by atoms with Crippen molar-refractivity contribution in [3.05, 3.63) is 33.9 Å². The second-order valence-corrected chi connectivity index (χ2v) is 7.28. The van der Waals surface area contributed by atoms with Crippen LogP contribution in [0.5, 0.6) is 0 Å². The van der Waals surface area contributed by atoms with Gasteiger partial charge in [-0.25, -0.2) is 0 Å². The molecule has 1 atom stereocenters. The largest absolute Gasteiger partial charge is 0.462 e. The first-order valence-electron chi connectivity index (χ1n) is 9.38. The highest BCUT2D eigenvalue weighted by Gasteiger charge is 2.49. The minimum absolute atomic E-state index is 0.00568. The van der Waals surface area contributed by atoms with Gasteiger partial charge in [-0.2, -0.15) is 5.26 Å². The summed E-state index contributed by atoms with van der Waals surface area (Å²) in [5.41, 5.74) is 0.540. The summed E-state index contributed by atoms with van der Waals surface area (Å²) in [5, 5.41) is 26.3. The molecule has 1 aliphatic heterocycles. The van der Waals surface area contributed by atoms with E-state index in [1.165, 1.54) is 12.1 Å². The fraction of sp³-hybridized carbons (Fsp3) is 0.579. The molecule has 27 heavy (non-hydrogen) atoms. The molecule has 1 aromatic carbocycles. The van der Waals surface area contributed by atoms with Crippen LogP contribution in [0, 0.1) is 26.9 Å². The van der Waals surface area contributed by atoms with Crippen LogP contribution in [0.25, 0.3) is 0 Å². The second-order valence-electron chi connectivity index (χ2n) is 7.28. The molecule has 2 aliphatic rings. The molecular weight excluding hydrogens is 348 g/mol. The molecule has 8 heteroatoms. The van der Waals surface area contributed by atoms with Crippen molar-refractivity contribution in [3.8, 4) is 6.07 Å². The van der Waals surface area contributed by atoms with E-state index < -0.39 is 4.92 Å². The maximum Gasteiger partial charge on any atom is 0.312 e. The van der Waals surface area contributed by atoms with Crippen molar-refractivity contribution in [1.29, 1.82) is 5.26 Å². The first-order chi connectivity index (χ1) is 13.0. The Morgan fingerprint density at radius 3 is 2.78 bits per heavy atom. The third kappa shape index (κ3) is 4.37. The summed E-state index contributed by atoms with van der Waals surface area (Å²) < 4.78 is 5.55. The first-order valence-corrected chi connectivity index (χ1v) is 9.38. The second kappa shape index (κ2) is 8.35. The molecule has 8 nitrogen and oxygen atoms in total. The topological polar surface area (TPSA) is 117 Å². The number of cyclic esters (lactones) is 1. The van der Waals surface area contributed by atoms with Gasteiger partial charge in [-0.05, 0) is 31.9 Å². The third-order valence-corrected chi connectivity index (χ3v) is 5.48. The number of carbonyl (C=O) groups excluding carboxylic acids is 1. The number of nitrogens with zero attached hydrogens (tertiary/aromatic N) is 2. The Kier molecular flexibility index (Phi) is 5.91. The fourth-order valence-corrected chi connectivity index (χ4v) is 4.02. The molecule has 1 unspecified atom stereocenters. The number of nitrogens with one attached hydrogen (secondary N) is 2. The number of esters is 1. The molecule has 1 aliphatic carbocycles. The molecule has 1 saturated heterocycles. The molecule has 144 valence electrons. The van der Waals surface area contributed by atoms with Gasteiger partial charge < -0.3 is 15.4 Å². The van der Waals surface area contributed by atoms with Gasteiger partial charge in [0.15, 0.2) is 0 Å². The summed E-state index contributed by atoms with van der Waals surface area (Å²) in [6.45, 7) is 2.01. The van der Waals surface area contributed by atoms with Crippen LogP contribution in [-0.4, -0.2) is 36.6 Å². The Hall–Kier alpha value is -2.66. The molecular formula is C19H24N4O4. The minimum Gasteiger partial charge on any atom is -0.462 e. The van der Waals surface area contributed by atoms with E-state index in [2.05, 4.69) is 10.6 Å². The number of benzene rings is 1. The third-order valence-electron chi connectivity index (χ3n) is 5.48. The summed E-state index contributed by atoms with van der Waals surface area (Å²) >= 11 is 0. The van der Waals surface area contributed by atoms with Crippen molar-refractivity contribution in [2.45, 2.75) is 44.6 Å². The molecule has 1 spiro atoms. The maximum atomic E-state index is 12.1. The molecule has 0 aromatic heterocycles. The number of rotatable bonds is 8. The Morgan fingerprint density at radius 1 is 1.30 bits per heavy atom. The first kappa shape index (κ1) is 19.1. The number of non-ortho nitro benzene ring substituents is 1. The van der Waals surface area contributed by atoms with E-state index in [0.717, 1.165) is 45.1 Å². The summed E-state index contributed by atoms with van der Waals surface area (Å²) in [4.78, 5) is 22.3. The van der Waals surface area contributed by atoms with E-state index >= 15 is 0 Å². The van der Waals surface area contributed by atoms with Gasteiger partial charge in [0.25, 0.3) is 5.69 Å². The van der Waals surface area contributed by atoms with Crippen LogP contribution in [0.15, 0.2) is 18.2 Å². The van der Waals surface area contributed by atoms with Crippen LogP contribution in [0.2, 0.25) is 0 Å². The predicted molar refractivity (Wildman–Crippen MR) is 99.2 cm³/mol. The predicted octanol–water partition coefficient (Wildman–Crippen LogP) is 2.73. The lowest BCUT2D eigenvalue weighted by molar-refractivity contribution is -0.384. The van der Waals surface area contributed by atoms with Crippen LogP contribution in [0.3, 0.4) is 0 Å². The van der Waals surface area contributed by atoms with Crippen molar-refractivity contribution >= 4 is 17.3 Å². The standard InChI is InChI=1S/C19H24N4O4/c20-13-14-11-15(23(25)26)3-4-17(14)22-10-9-21-8-5-16-12-19(18(24)27-16)6-1-2-7-19/h3-4,11,16,21-22H,1-2,5-10,12H2. The van der Waals surface area contributed by atoms with Crippen molar-refractivity contribution in [2.75, 3.05) is 25.0 Å². The highest BCUT2D eigenvalue weighted by atomic mass is 16.6. The van der Waals surface area contributed by atoms with Crippen molar-refractivity contribution in [1.82, 2.24) is 5.32 Å². The van der Waals surface area contributed by atoms with E-state index in [1.807, 2.05) is 6.07 Å². The zero-order valence-corrected chi connectivity index (χ0v) is 15.2. The summed E-state index contributed by atoms with van der Waals surface area (Å²) in [5.74, 6) is -0.00568. The zero-order valence-electron chi connectivity index (χ0n) is 15.2. The lowest BCUT2D eigenvalue weighted by Crippen LogP contribution is -2.26. The van der Waals surface area contributed by atoms with Gasteiger partial charge >= 0.3 is 5.97 Å². The number of anilines is 1. The molecule has 1 saturated carbocycles. The smallest absolute Gasteiger partial charge is 0.312 e. The normalized spacial score (nSPS) is 20.4. The number of nitriles is 1. The van der Waals surface area contributed by atoms with E-state index in [-0.39, 0.29) is 28.7 Å². The number of hydrogen-bond acceptors (Lipinski definition) is 7. The van der Waals surface area contributed by atoms with Gasteiger partial charge in [-0.3, -0.25) is 14.9 Å². The Labute approximate surface area is 158 Å². The van der Waals surface area contributed by atoms with Crippen LogP contribution in [0.4, 0.5) is 11.4 Å². The van der Waals surface area contributed by atoms with E-state index in [4.69, 9.17) is 10.00 Å².